The van der Waals surface area contributed by atoms with Gasteiger partial charge in [-0.15, -0.1) is 10.2 Å². The van der Waals surface area contributed by atoms with Crippen molar-refractivity contribution in [1.82, 2.24) is 15.1 Å². The Morgan fingerprint density at radius 1 is 1.00 bits per heavy atom. The number of carbonyl (C=O) groups is 1. The second kappa shape index (κ2) is 8.24. The molecule has 1 aliphatic heterocycles. The maximum absolute atomic E-state index is 12.9. The number of hydrogen-bond acceptors (Lipinski definition) is 4. The summed E-state index contributed by atoms with van der Waals surface area (Å²) >= 11 is 1.41. The molecule has 0 radical (unpaired) electrons. The Labute approximate surface area is 145 Å². The van der Waals surface area contributed by atoms with Crippen LogP contribution >= 0.6 is 11.8 Å². The second-order valence-corrected chi connectivity index (χ2v) is 6.84. The minimum absolute atomic E-state index is 0.173. The van der Waals surface area contributed by atoms with Crippen molar-refractivity contribution >= 4 is 17.7 Å². The minimum atomic E-state index is -0.272. The monoisotopic (exact) mass is 345 g/mol. The second-order valence-electron chi connectivity index (χ2n) is 5.85. The molecule has 0 atom stereocenters. The Kier molecular flexibility index (Phi) is 5.80. The van der Waals surface area contributed by atoms with Crippen LogP contribution in [0.4, 0.5) is 4.39 Å². The standard InChI is InChI=1S/C18H20FN3OS/c19-15-7-5-14(6-8-15)16-9-10-17(21-20-16)24-13-18(23)22-11-3-1-2-4-12-22/h5-10H,1-4,11-13H2. The molecule has 0 bridgehead atoms. The van der Waals surface area contributed by atoms with Crippen molar-refractivity contribution in [3.63, 3.8) is 0 Å². The van der Waals surface area contributed by atoms with Gasteiger partial charge in [0, 0.05) is 18.7 Å². The predicted molar refractivity (Wildman–Crippen MR) is 93.2 cm³/mol. The lowest BCUT2D eigenvalue weighted by molar-refractivity contribution is -0.128. The van der Waals surface area contributed by atoms with Crippen molar-refractivity contribution in [3.05, 3.63) is 42.2 Å². The Hall–Kier alpha value is -1.95. The van der Waals surface area contributed by atoms with Gasteiger partial charge in [0.2, 0.25) is 5.91 Å². The average molecular weight is 345 g/mol. The molecule has 0 N–H and O–H groups in total. The summed E-state index contributed by atoms with van der Waals surface area (Å²) in [7, 11) is 0. The van der Waals surface area contributed by atoms with Gasteiger partial charge in [0.15, 0.2) is 0 Å². The Bertz CT molecular complexity index is 668. The fourth-order valence-electron chi connectivity index (χ4n) is 2.72. The van der Waals surface area contributed by atoms with E-state index < -0.39 is 0 Å². The van der Waals surface area contributed by atoms with Crippen molar-refractivity contribution in [2.45, 2.75) is 30.7 Å². The Morgan fingerprint density at radius 2 is 1.71 bits per heavy atom. The third-order valence-corrected chi connectivity index (χ3v) is 4.99. The number of benzene rings is 1. The predicted octanol–water partition coefficient (Wildman–Crippen LogP) is 3.78. The molecule has 1 amide bonds. The summed E-state index contributed by atoms with van der Waals surface area (Å²) in [5.41, 5.74) is 1.51. The number of aromatic nitrogens is 2. The highest BCUT2D eigenvalue weighted by Gasteiger charge is 2.15. The smallest absolute Gasteiger partial charge is 0.232 e. The number of likely N-dealkylation sites (tertiary alicyclic amines) is 1. The van der Waals surface area contributed by atoms with Gasteiger partial charge in [0.25, 0.3) is 0 Å². The zero-order valence-electron chi connectivity index (χ0n) is 13.4. The molecule has 0 aliphatic carbocycles. The molecule has 0 spiro atoms. The van der Waals surface area contributed by atoms with Gasteiger partial charge in [0.1, 0.15) is 10.8 Å². The van der Waals surface area contributed by atoms with Gasteiger partial charge < -0.3 is 4.90 Å². The molecule has 1 fully saturated rings. The van der Waals surface area contributed by atoms with Gasteiger partial charge in [-0.1, -0.05) is 24.6 Å². The van der Waals surface area contributed by atoms with Crippen LogP contribution < -0.4 is 0 Å². The van der Waals surface area contributed by atoms with Crippen LogP contribution in [-0.4, -0.2) is 39.8 Å². The van der Waals surface area contributed by atoms with E-state index in [4.69, 9.17) is 0 Å². The molecule has 24 heavy (non-hydrogen) atoms. The van der Waals surface area contributed by atoms with Crippen LogP contribution in [0, 0.1) is 5.82 Å². The number of rotatable bonds is 4. The summed E-state index contributed by atoms with van der Waals surface area (Å²) in [5, 5.41) is 9.05. The summed E-state index contributed by atoms with van der Waals surface area (Å²) < 4.78 is 12.9. The van der Waals surface area contributed by atoms with Crippen molar-refractivity contribution < 1.29 is 9.18 Å². The van der Waals surface area contributed by atoms with Gasteiger partial charge in [-0.3, -0.25) is 4.79 Å². The summed E-state index contributed by atoms with van der Waals surface area (Å²) in [6, 6.07) is 9.86. The zero-order valence-corrected chi connectivity index (χ0v) is 14.3. The van der Waals surface area contributed by atoms with Crippen molar-refractivity contribution in [2.24, 2.45) is 0 Å². The van der Waals surface area contributed by atoms with E-state index in [9.17, 15) is 9.18 Å². The lowest BCUT2D eigenvalue weighted by Crippen LogP contribution is -2.33. The Morgan fingerprint density at radius 3 is 2.33 bits per heavy atom. The molecule has 126 valence electrons. The fraction of sp³-hybridized carbons (Fsp3) is 0.389. The molecule has 1 saturated heterocycles. The van der Waals surface area contributed by atoms with E-state index in [0.717, 1.165) is 36.5 Å². The molecule has 4 nitrogen and oxygen atoms in total. The normalized spacial score (nSPS) is 15.1. The van der Waals surface area contributed by atoms with E-state index in [2.05, 4.69) is 10.2 Å². The molecule has 6 heteroatoms. The first-order valence-corrected chi connectivity index (χ1v) is 9.21. The van der Waals surface area contributed by atoms with E-state index >= 15 is 0 Å². The van der Waals surface area contributed by atoms with Gasteiger partial charge in [-0.2, -0.15) is 0 Å². The molecule has 2 aromatic rings. The van der Waals surface area contributed by atoms with Gasteiger partial charge in [-0.05, 0) is 49.2 Å². The SMILES string of the molecule is O=C(CSc1ccc(-c2ccc(F)cc2)nn1)N1CCCCCC1. The van der Waals surface area contributed by atoms with E-state index in [1.165, 1.54) is 36.7 Å². The Balaban J connectivity index is 1.56. The van der Waals surface area contributed by atoms with Crippen LogP contribution in [0.3, 0.4) is 0 Å². The van der Waals surface area contributed by atoms with Crippen LogP contribution in [0.1, 0.15) is 25.7 Å². The number of amides is 1. The number of halogens is 1. The van der Waals surface area contributed by atoms with E-state index in [1.54, 1.807) is 12.1 Å². The summed E-state index contributed by atoms with van der Waals surface area (Å²) in [4.78, 5) is 14.2. The zero-order chi connectivity index (χ0) is 16.8. The van der Waals surface area contributed by atoms with Crippen molar-refractivity contribution in [1.29, 1.82) is 0 Å². The number of nitrogens with zero attached hydrogens (tertiary/aromatic N) is 3. The van der Waals surface area contributed by atoms with Crippen LogP contribution in [0.15, 0.2) is 41.4 Å². The first-order valence-electron chi connectivity index (χ1n) is 8.22. The van der Waals surface area contributed by atoms with Crippen LogP contribution in [-0.2, 0) is 4.79 Å². The molecule has 2 heterocycles. The lowest BCUT2D eigenvalue weighted by Gasteiger charge is -2.19. The molecule has 0 unspecified atom stereocenters. The number of carbonyl (C=O) groups excluding carboxylic acids is 1. The third-order valence-electron chi connectivity index (χ3n) is 4.08. The summed E-state index contributed by atoms with van der Waals surface area (Å²) in [6.45, 7) is 1.74. The minimum Gasteiger partial charge on any atom is -0.342 e. The molecular weight excluding hydrogens is 325 g/mol. The topological polar surface area (TPSA) is 46.1 Å². The van der Waals surface area contributed by atoms with Crippen LogP contribution in [0.2, 0.25) is 0 Å². The third kappa shape index (κ3) is 4.54. The average Bonchev–Trinajstić information content (AvgIpc) is 2.90. The quantitative estimate of drug-likeness (QED) is 0.791. The molecule has 0 saturated carbocycles. The lowest BCUT2D eigenvalue weighted by atomic mass is 10.1. The highest BCUT2D eigenvalue weighted by Crippen LogP contribution is 2.21. The van der Waals surface area contributed by atoms with Gasteiger partial charge in [0.05, 0.1) is 11.4 Å². The summed E-state index contributed by atoms with van der Waals surface area (Å²) in [6.07, 6.45) is 4.63. The first kappa shape index (κ1) is 16.9. The van der Waals surface area contributed by atoms with Gasteiger partial charge in [-0.25, -0.2) is 4.39 Å². The maximum atomic E-state index is 12.9. The van der Waals surface area contributed by atoms with Crippen molar-refractivity contribution in [2.75, 3.05) is 18.8 Å². The van der Waals surface area contributed by atoms with Gasteiger partial charge >= 0.3 is 0 Å². The molecule has 3 rings (SSSR count). The van der Waals surface area contributed by atoms with Crippen molar-refractivity contribution in [3.8, 4) is 11.3 Å². The van der Waals surface area contributed by atoms with Crippen LogP contribution in [0.5, 0.6) is 0 Å². The fourth-order valence-corrected chi connectivity index (χ4v) is 3.44. The molecular formula is C18H20FN3OS. The molecule has 1 aromatic carbocycles. The van der Waals surface area contributed by atoms with E-state index in [-0.39, 0.29) is 11.7 Å². The number of thioether (sulfide) groups is 1. The summed E-state index contributed by atoms with van der Waals surface area (Å²) in [5.74, 6) is 0.294. The molecule has 1 aromatic heterocycles. The molecule has 1 aliphatic rings. The largest absolute Gasteiger partial charge is 0.342 e. The highest BCUT2D eigenvalue weighted by molar-refractivity contribution is 7.99. The maximum Gasteiger partial charge on any atom is 0.232 e. The number of hydrogen-bond donors (Lipinski definition) is 0. The highest BCUT2D eigenvalue weighted by atomic mass is 32.2. The van der Waals surface area contributed by atoms with E-state index in [0.29, 0.717) is 11.4 Å². The van der Waals surface area contributed by atoms with Crippen LogP contribution in [0.25, 0.3) is 11.3 Å². The van der Waals surface area contributed by atoms with E-state index in [1.807, 2.05) is 17.0 Å². The first-order chi connectivity index (χ1) is 11.7.